The molecule has 0 unspecified atom stereocenters. The molecule has 0 radical (unpaired) electrons. The van der Waals surface area contributed by atoms with E-state index in [1.165, 1.54) is 37.6 Å². The van der Waals surface area contributed by atoms with Crippen LogP contribution < -0.4 is 10.6 Å². The molecule has 4 aromatic rings. The SMILES string of the molecule is Cc1nnc(Nc2cc(-c3ccc4cc(C#N)cnn34)ncc2C(=O)NC[C@@H](F)C(C)(C)O)s1. The Hall–Kier alpha value is -3.95. The topological polar surface area (TPSA) is 141 Å². The number of fused-ring (bicyclic) bond motifs is 1. The van der Waals surface area contributed by atoms with Crippen LogP contribution in [0.1, 0.15) is 34.8 Å². The van der Waals surface area contributed by atoms with E-state index in [9.17, 15) is 14.3 Å². The third-order valence-corrected chi connectivity index (χ3v) is 5.77. The average Bonchev–Trinajstić information content (AvgIpc) is 3.41. The summed E-state index contributed by atoms with van der Waals surface area (Å²) in [5.74, 6) is -0.563. The highest BCUT2D eigenvalue weighted by Gasteiger charge is 2.27. The number of nitrogens with zero attached hydrogens (tertiary/aromatic N) is 6. The molecule has 0 aliphatic rings. The molecule has 0 fully saturated rings. The molecule has 4 rings (SSSR count). The second-order valence-corrected chi connectivity index (χ2v) is 9.29. The Kier molecular flexibility index (Phi) is 6.23. The predicted octanol–water partition coefficient (Wildman–Crippen LogP) is 3.01. The van der Waals surface area contributed by atoms with Gasteiger partial charge >= 0.3 is 0 Å². The van der Waals surface area contributed by atoms with Crippen LogP contribution in [-0.2, 0) is 0 Å². The molecule has 0 saturated heterocycles. The highest BCUT2D eigenvalue weighted by Crippen LogP contribution is 2.28. The van der Waals surface area contributed by atoms with Crippen LogP contribution in [0.4, 0.5) is 15.2 Å². The van der Waals surface area contributed by atoms with E-state index in [2.05, 4.69) is 37.0 Å². The third-order valence-electron chi connectivity index (χ3n) is 5.02. The van der Waals surface area contributed by atoms with Gasteiger partial charge in [-0.3, -0.25) is 9.78 Å². The van der Waals surface area contributed by atoms with Gasteiger partial charge in [0.05, 0.1) is 52.1 Å². The molecule has 1 amide bonds. The molecule has 4 aromatic heterocycles. The fourth-order valence-corrected chi connectivity index (χ4v) is 3.73. The number of aliphatic hydroxyl groups is 1. The normalized spacial score (nSPS) is 12.4. The summed E-state index contributed by atoms with van der Waals surface area (Å²) in [6, 6.07) is 9.04. The number of halogens is 1. The number of aryl methyl sites for hydroxylation is 1. The summed E-state index contributed by atoms with van der Waals surface area (Å²) in [6.07, 6.45) is 1.18. The maximum atomic E-state index is 14.1. The van der Waals surface area contributed by atoms with E-state index in [1.807, 2.05) is 12.1 Å². The van der Waals surface area contributed by atoms with Crippen molar-refractivity contribution in [3.8, 4) is 17.5 Å². The lowest BCUT2D eigenvalue weighted by molar-refractivity contribution is -0.00177. The fourth-order valence-electron chi connectivity index (χ4n) is 3.12. The Balaban J connectivity index is 1.70. The van der Waals surface area contributed by atoms with Crippen LogP contribution in [-0.4, -0.2) is 54.1 Å². The van der Waals surface area contributed by atoms with Crippen molar-refractivity contribution in [2.45, 2.75) is 32.5 Å². The first-order valence-corrected chi connectivity index (χ1v) is 11.1. The number of carbonyl (C=O) groups excluding carboxylic acids is 1. The van der Waals surface area contributed by atoms with Crippen LogP contribution in [0.25, 0.3) is 16.9 Å². The van der Waals surface area contributed by atoms with Gasteiger partial charge in [0.2, 0.25) is 5.13 Å². The Labute approximate surface area is 198 Å². The molecule has 34 heavy (non-hydrogen) atoms. The number of nitrogens with one attached hydrogen (secondary N) is 2. The molecule has 4 heterocycles. The average molecular weight is 481 g/mol. The van der Waals surface area contributed by atoms with E-state index in [0.29, 0.717) is 33.3 Å². The summed E-state index contributed by atoms with van der Waals surface area (Å²) < 4.78 is 15.8. The van der Waals surface area contributed by atoms with E-state index >= 15 is 0 Å². The van der Waals surface area contributed by atoms with Crippen molar-refractivity contribution < 1.29 is 14.3 Å². The highest BCUT2D eigenvalue weighted by atomic mass is 32.1. The summed E-state index contributed by atoms with van der Waals surface area (Å²) in [6.45, 7) is 4.11. The van der Waals surface area contributed by atoms with E-state index in [1.54, 1.807) is 23.6 Å². The number of rotatable bonds is 7. The zero-order valence-electron chi connectivity index (χ0n) is 18.6. The summed E-state index contributed by atoms with van der Waals surface area (Å²) in [4.78, 5) is 17.3. The molecule has 174 valence electrons. The van der Waals surface area contributed by atoms with Crippen LogP contribution in [0.3, 0.4) is 0 Å². The molecule has 0 aliphatic carbocycles. The Morgan fingerprint density at radius 3 is 2.79 bits per heavy atom. The van der Waals surface area contributed by atoms with Gasteiger partial charge in [0.25, 0.3) is 5.91 Å². The molecule has 0 aromatic carbocycles. The van der Waals surface area contributed by atoms with Gasteiger partial charge in [-0.05, 0) is 45.0 Å². The quantitative estimate of drug-likeness (QED) is 0.367. The largest absolute Gasteiger partial charge is 0.387 e. The van der Waals surface area contributed by atoms with Crippen molar-refractivity contribution in [1.82, 2.24) is 30.1 Å². The van der Waals surface area contributed by atoms with Crippen LogP contribution in [0.15, 0.2) is 36.7 Å². The summed E-state index contributed by atoms with van der Waals surface area (Å²) >= 11 is 1.31. The van der Waals surface area contributed by atoms with E-state index in [-0.39, 0.29) is 12.1 Å². The number of hydrogen-bond donors (Lipinski definition) is 3. The first-order valence-electron chi connectivity index (χ1n) is 10.3. The smallest absolute Gasteiger partial charge is 0.255 e. The van der Waals surface area contributed by atoms with Gasteiger partial charge in [0.15, 0.2) is 0 Å². The number of nitriles is 1. The number of pyridine rings is 1. The van der Waals surface area contributed by atoms with Gasteiger partial charge < -0.3 is 15.7 Å². The number of amides is 1. The van der Waals surface area contributed by atoms with E-state index in [4.69, 9.17) is 5.26 Å². The molecular formula is C22H21FN8O2S. The molecule has 1 atom stereocenters. The van der Waals surface area contributed by atoms with Crippen LogP contribution in [0.2, 0.25) is 0 Å². The minimum atomic E-state index is -1.65. The van der Waals surface area contributed by atoms with Crippen LogP contribution >= 0.6 is 11.3 Å². The van der Waals surface area contributed by atoms with Crippen LogP contribution in [0, 0.1) is 18.3 Å². The van der Waals surface area contributed by atoms with Gasteiger partial charge in [-0.2, -0.15) is 10.4 Å². The molecule has 10 nitrogen and oxygen atoms in total. The Morgan fingerprint density at radius 1 is 1.32 bits per heavy atom. The number of carbonyl (C=O) groups is 1. The molecule has 0 saturated carbocycles. The summed E-state index contributed by atoms with van der Waals surface area (Å²) in [5.41, 5.74) is 1.28. The van der Waals surface area contributed by atoms with Gasteiger partial charge in [-0.1, -0.05) is 11.3 Å². The molecule has 0 bridgehead atoms. The lowest BCUT2D eigenvalue weighted by Gasteiger charge is -2.22. The van der Waals surface area contributed by atoms with Gasteiger partial charge in [-0.15, -0.1) is 10.2 Å². The second kappa shape index (κ2) is 9.12. The zero-order valence-corrected chi connectivity index (χ0v) is 19.4. The van der Waals surface area contributed by atoms with Crippen molar-refractivity contribution in [1.29, 1.82) is 5.26 Å². The Bertz CT molecular complexity index is 1400. The number of anilines is 2. The van der Waals surface area contributed by atoms with E-state index < -0.39 is 17.7 Å². The van der Waals surface area contributed by atoms with Gasteiger partial charge in [0.1, 0.15) is 17.2 Å². The maximum absolute atomic E-state index is 14.1. The molecule has 3 N–H and O–H groups in total. The molecular weight excluding hydrogens is 459 g/mol. The lowest BCUT2D eigenvalue weighted by Crippen LogP contribution is -2.42. The maximum Gasteiger partial charge on any atom is 0.255 e. The Morgan fingerprint density at radius 2 is 2.12 bits per heavy atom. The van der Waals surface area contributed by atoms with Crippen molar-refractivity contribution >= 4 is 33.6 Å². The lowest BCUT2D eigenvalue weighted by atomic mass is 10.0. The standard InChI is InChI=1S/C22H21FN8O2S/c1-12-29-30-21(34-12)28-16-7-17(18-5-4-14-6-13(8-24)9-27-31(14)18)25-10-15(16)20(32)26-11-19(23)22(2,3)33/h4-7,9-10,19,33H,11H2,1-3H3,(H,26,32)(H,25,28,30)/t19-/m1/s1. The first kappa shape index (κ1) is 23.2. The second-order valence-electron chi connectivity index (χ2n) is 8.11. The minimum Gasteiger partial charge on any atom is -0.387 e. The zero-order chi connectivity index (χ0) is 24.5. The van der Waals surface area contributed by atoms with Crippen LogP contribution in [0.5, 0.6) is 0 Å². The number of aromatic nitrogens is 5. The fraction of sp³-hybridized carbons (Fsp3) is 0.273. The number of hydrogen-bond acceptors (Lipinski definition) is 9. The van der Waals surface area contributed by atoms with Crippen molar-refractivity contribution in [3.63, 3.8) is 0 Å². The molecule has 0 aliphatic heterocycles. The predicted molar refractivity (Wildman–Crippen MR) is 125 cm³/mol. The third kappa shape index (κ3) is 4.85. The molecule has 0 spiro atoms. The summed E-state index contributed by atoms with van der Waals surface area (Å²) in [5, 5.41) is 38.0. The van der Waals surface area contributed by atoms with Crippen molar-refractivity contribution in [2.24, 2.45) is 0 Å². The van der Waals surface area contributed by atoms with Gasteiger partial charge in [0, 0.05) is 6.20 Å². The highest BCUT2D eigenvalue weighted by molar-refractivity contribution is 7.15. The summed E-state index contributed by atoms with van der Waals surface area (Å²) in [7, 11) is 0. The molecule has 12 heteroatoms. The minimum absolute atomic E-state index is 0.167. The van der Waals surface area contributed by atoms with E-state index in [0.717, 1.165) is 5.01 Å². The van der Waals surface area contributed by atoms with Crippen molar-refractivity contribution in [2.75, 3.05) is 11.9 Å². The monoisotopic (exact) mass is 480 g/mol. The van der Waals surface area contributed by atoms with Gasteiger partial charge in [-0.25, -0.2) is 8.91 Å². The first-order chi connectivity index (χ1) is 16.2. The van der Waals surface area contributed by atoms with Crippen molar-refractivity contribution in [3.05, 3.63) is 52.8 Å². The number of alkyl halides is 1.